The summed E-state index contributed by atoms with van der Waals surface area (Å²) in [5.41, 5.74) is -0.909. The van der Waals surface area contributed by atoms with Gasteiger partial charge in [-0.2, -0.15) is 0 Å². The maximum Gasteiger partial charge on any atom is 0.323 e. The highest BCUT2D eigenvalue weighted by Gasteiger charge is 2.33. The van der Waals surface area contributed by atoms with Crippen molar-refractivity contribution in [2.24, 2.45) is 0 Å². The number of carbonyl (C=O) groups is 1. The van der Waals surface area contributed by atoms with Gasteiger partial charge in [0.15, 0.2) is 5.16 Å². The molecular formula is C14H24N4O2S. The van der Waals surface area contributed by atoms with Crippen molar-refractivity contribution in [3.63, 3.8) is 0 Å². The molecule has 0 aliphatic carbocycles. The van der Waals surface area contributed by atoms with Gasteiger partial charge in [-0.15, -0.1) is 10.2 Å². The lowest BCUT2D eigenvalue weighted by Crippen LogP contribution is -2.49. The van der Waals surface area contributed by atoms with Crippen LogP contribution in [0.4, 0.5) is 0 Å². The van der Waals surface area contributed by atoms with Crippen LogP contribution in [-0.4, -0.2) is 43.7 Å². The van der Waals surface area contributed by atoms with Gasteiger partial charge in [0.2, 0.25) is 0 Å². The minimum Gasteiger partial charge on any atom is -0.480 e. The van der Waals surface area contributed by atoms with Crippen molar-refractivity contribution in [2.45, 2.75) is 68.4 Å². The van der Waals surface area contributed by atoms with Gasteiger partial charge in [-0.3, -0.25) is 4.79 Å². The van der Waals surface area contributed by atoms with E-state index in [1.54, 1.807) is 25.7 Å². The summed E-state index contributed by atoms with van der Waals surface area (Å²) < 4.78 is 2.20. The molecule has 1 aromatic heterocycles. The fraction of sp³-hybridized carbons (Fsp3) is 0.786. The molecule has 2 rings (SSSR count). The number of carboxylic acids is 1. The molecule has 0 aromatic carbocycles. The zero-order valence-electron chi connectivity index (χ0n) is 12.9. The quantitative estimate of drug-likeness (QED) is 0.781. The van der Waals surface area contributed by atoms with Gasteiger partial charge >= 0.3 is 5.97 Å². The van der Waals surface area contributed by atoms with Crippen LogP contribution in [0.3, 0.4) is 0 Å². The van der Waals surface area contributed by atoms with Crippen LogP contribution in [0.1, 0.15) is 45.4 Å². The maximum atomic E-state index is 11.4. The second kappa shape index (κ2) is 6.79. The van der Waals surface area contributed by atoms with Crippen molar-refractivity contribution < 1.29 is 9.90 Å². The van der Waals surface area contributed by atoms with Crippen molar-refractivity contribution in [1.82, 2.24) is 20.1 Å². The maximum absolute atomic E-state index is 11.4. The molecule has 0 bridgehead atoms. The van der Waals surface area contributed by atoms with Crippen LogP contribution in [-0.2, 0) is 17.8 Å². The highest BCUT2D eigenvalue weighted by molar-refractivity contribution is 7.99. The molecule has 7 heteroatoms. The van der Waals surface area contributed by atoms with E-state index in [1.807, 2.05) is 6.92 Å². The molecule has 0 saturated carbocycles. The Bertz CT molecular complexity index is 505. The predicted molar refractivity (Wildman–Crippen MR) is 82.6 cm³/mol. The molecule has 2 atom stereocenters. The molecule has 0 spiro atoms. The third-order valence-electron chi connectivity index (χ3n) is 4.10. The summed E-state index contributed by atoms with van der Waals surface area (Å²) in [6.07, 6.45) is 5.10. The largest absolute Gasteiger partial charge is 0.480 e. The summed E-state index contributed by atoms with van der Waals surface area (Å²) in [5, 5.41) is 21.9. The Morgan fingerprint density at radius 1 is 1.48 bits per heavy atom. The molecule has 0 saturated heterocycles. The first kappa shape index (κ1) is 16.3. The normalized spacial score (nSPS) is 19.4. The average Bonchev–Trinajstić information content (AvgIpc) is 2.67. The molecule has 0 amide bonds. The van der Waals surface area contributed by atoms with Crippen LogP contribution in [0.5, 0.6) is 0 Å². The van der Waals surface area contributed by atoms with Gasteiger partial charge in [-0.25, -0.2) is 0 Å². The van der Waals surface area contributed by atoms with Crippen molar-refractivity contribution in [2.75, 3.05) is 7.05 Å². The predicted octanol–water partition coefficient (Wildman–Crippen LogP) is 1.94. The van der Waals surface area contributed by atoms with Crippen LogP contribution >= 0.6 is 11.8 Å². The summed E-state index contributed by atoms with van der Waals surface area (Å²) in [5.74, 6) is 0.245. The van der Waals surface area contributed by atoms with Gasteiger partial charge in [0, 0.05) is 18.2 Å². The first-order chi connectivity index (χ1) is 9.96. The van der Waals surface area contributed by atoms with Crippen LogP contribution in [0, 0.1) is 0 Å². The highest BCUT2D eigenvalue weighted by Crippen LogP contribution is 2.29. The molecule has 1 aliphatic rings. The van der Waals surface area contributed by atoms with Gasteiger partial charge in [-0.1, -0.05) is 25.1 Å². The first-order valence-electron chi connectivity index (χ1n) is 7.47. The molecule has 6 nitrogen and oxygen atoms in total. The number of thioether (sulfide) groups is 1. The third kappa shape index (κ3) is 3.77. The van der Waals surface area contributed by atoms with E-state index in [0.29, 0.717) is 6.42 Å². The Morgan fingerprint density at radius 2 is 2.24 bits per heavy atom. The van der Waals surface area contributed by atoms with E-state index in [9.17, 15) is 9.90 Å². The number of nitrogens with zero attached hydrogens (tertiary/aromatic N) is 3. The molecule has 2 N–H and O–H groups in total. The molecule has 0 fully saturated rings. The van der Waals surface area contributed by atoms with Gasteiger partial charge in [0.1, 0.15) is 11.4 Å². The SMILES string of the molecule is CNC(C)(CC(C)Sc1nnc2n1CCCCC2)C(=O)O. The molecule has 21 heavy (non-hydrogen) atoms. The van der Waals surface area contributed by atoms with Crippen LogP contribution in [0.2, 0.25) is 0 Å². The molecular weight excluding hydrogens is 288 g/mol. The Morgan fingerprint density at radius 3 is 2.90 bits per heavy atom. The highest BCUT2D eigenvalue weighted by atomic mass is 32.2. The van der Waals surface area contributed by atoms with Crippen molar-refractivity contribution in [3.05, 3.63) is 5.82 Å². The molecule has 2 heterocycles. The number of aliphatic carboxylic acids is 1. The number of aryl methyl sites for hydroxylation is 1. The topological polar surface area (TPSA) is 80.0 Å². The summed E-state index contributed by atoms with van der Waals surface area (Å²) >= 11 is 1.62. The lowest BCUT2D eigenvalue weighted by Gasteiger charge is -2.27. The van der Waals surface area contributed by atoms with E-state index < -0.39 is 11.5 Å². The van der Waals surface area contributed by atoms with Gasteiger partial charge in [0.05, 0.1) is 0 Å². The Balaban J connectivity index is 2.05. The molecule has 1 aromatic rings. The Hall–Kier alpha value is -1.08. The van der Waals surface area contributed by atoms with Crippen molar-refractivity contribution in [1.29, 1.82) is 0 Å². The smallest absolute Gasteiger partial charge is 0.323 e. The van der Waals surface area contributed by atoms with Crippen LogP contribution < -0.4 is 5.32 Å². The number of hydrogen-bond acceptors (Lipinski definition) is 5. The fourth-order valence-electron chi connectivity index (χ4n) is 2.64. The second-order valence-corrected chi connectivity index (χ2v) is 7.29. The molecule has 0 radical (unpaired) electrons. The third-order valence-corrected chi connectivity index (χ3v) is 5.18. The van der Waals surface area contributed by atoms with E-state index in [-0.39, 0.29) is 5.25 Å². The van der Waals surface area contributed by atoms with E-state index in [4.69, 9.17) is 0 Å². The van der Waals surface area contributed by atoms with Crippen LogP contribution in [0.15, 0.2) is 5.16 Å². The van der Waals surface area contributed by atoms with E-state index >= 15 is 0 Å². The molecule has 1 aliphatic heterocycles. The van der Waals surface area contributed by atoms with Gasteiger partial charge in [0.25, 0.3) is 0 Å². The van der Waals surface area contributed by atoms with Gasteiger partial charge in [-0.05, 0) is 33.2 Å². The number of nitrogens with one attached hydrogen (secondary N) is 1. The number of hydrogen-bond donors (Lipinski definition) is 2. The lowest BCUT2D eigenvalue weighted by molar-refractivity contribution is -0.144. The number of carboxylic acid groups (broad SMARTS) is 1. The lowest BCUT2D eigenvalue weighted by atomic mass is 9.97. The summed E-state index contributed by atoms with van der Waals surface area (Å²) in [4.78, 5) is 11.4. The average molecular weight is 312 g/mol. The van der Waals surface area contributed by atoms with Crippen molar-refractivity contribution in [3.8, 4) is 0 Å². The van der Waals surface area contributed by atoms with E-state index in [0.717, 1.165) is 30.4 Å². The Kier molecular flexibility index (Phi) is 5.27. The number of fused-ring (bicyclic) bond motifs is 1. The Labute approximate surface area is 129 Å². The fourth-order valence-corrected chi connectivity index (χ4v) is 3.83. The van der Waals surface area contributed by atoms with E-state index in [2.05, 4.69) is 20.1 Å². The summed E-state index contributed by atoms with van der Waals surface area (Å²) in [7, 11) is 1.69. The number of rotatable bonds is 6. The standard InChI is InChI=1S/C14H24N4O2S/c1-10(9-14(2,15-3)12(19)20)21-13-17-16-11-7-5-4-6-8-18(11)13/h10,15H,4-9H2,1-3H3,(H,19,20). The summed E-state index contributed by atoms with van der Waals surface area (Å²) in [6, 6.07) is 0. The zero-order valence-corrected chi connectivity index (χ0v) is 13.7. The minimum atomic E-state index is -0.909. The minimum absolute atomic E-state index is 0.148. The zero-order chi connectivity index (χ0) is 15.5. The number of aromatic nitrogens is 3. The molecule has 118 valence electrons. The van der Waals surface area contributed by atoms with Crippen LogP contribution in [0.25, 0.3) is 0 Å². The van der Waals surface area contributed by atoms with E-state index in [1.165, 1.54) is 12.8 Å². The van der Waals surface area contributed by atoms with Crippen molar-refractivity contribution >= 4 is 17.7 Å². The van der Waals surface area contributed by atoms with Gasteiger partial charge < -0.3 is 15.0 Å². The number of likely N-dealkylation sites (N-methyl/N-ethyl adjacent to an activating group) is 1. The molecule has 2 unspecified atom stereocenters. The second-order valence-electron chi connectivity index (χ2n) is 5.88. The summed E-state index contributed by atoms with van der Waals surface area (Å²) in [6.45, 7) is 4.73. The first-order valence-corrected chi connectivity index (χ1v) is 8.35. The monoisotopic (exact) mass is 312 g/mol.